The lowest BCUT2D eigenvalue weighted by Gasteiger charge is -2.21. The van der Waals surface area contributed by atoms with E-state index in [9.17, 15) is 4.79 Å². The highest BCUT2D eigenvalue weighted by molar-refractivity contribution is 7.14. The van der Waals surface area contributed by atoms with Crippen LogP contribution < -0.4 is 10.6 Å². The van der Waals surface area contributed by atoms with Crippen molar-refractivity contribution in [1.82, 2.24) is 0 Å². The van der Waals surface area contributed by atoms with Crippen LogP contribution in [0.25, 0.3) is 0 Å². The van der Waals surface area contributed by atoms with Gasteiger partial charge in [0.05, 0.1) is 4.88 Å². The number of hydrogen-bond donors (Lipinski definition) is 1. The molecule has 0 saturated carbocycles. The molecule has 0 fully saturated rings. The molecule has 2 N–H and O–H groups in total. The minimum absolute atomic E-state index is 0.0674. The summed E-state index contributed by atoms with van der Waals surface area (Å²) in [6, 6.07) is 9.43. The molecule has 0 saturated heterocycles. The highest BCUT2D eigenvalue weighted by atomic mass is 32.1. The van der Waals surface area contributed by atoms with E-state index in [-0.39, 0.29) is 5.91 Å². The van der Waals surface area contributed by atoms with E-state index in [4.69, 9.17) is 5.73 Å². The number of carbonyl (C=O) groups excluding carboxylic acids is 1. The number of nitrogens with two attached hydrogens (primary N) is 1. The average molecular weight is 288 g/mol. The zero-order valence-corrected chi connectivity index (χ0v) is 13.0. The number of rotatable bonds is 4. The fourth-order valence-electron chi connectivity index (χ4n) is 2.04. The summed E-state index contributed by atoms with van der Waals surface area (Å²) < 4.78 is 0. The van der Waals surface area contributed by atoms with Gasteiger partial charge in [0.25, 0.3) is 5.91 Å². The van der Waals surface area contributed by atoms with E-state index in [1.807, 2.05) is 49.1 Å². The van der Waals surface area contributed by atoms with Crippen molar-refractivity contribution in [3.63, 3.8) is 0 Å². The minimum atomic E-state index is 0.0674. The maximum atomic E-state index is 12.7. The van der Waals surface area contributed by atoms with Crippen molar-refractivity contribution in [3.05, 3.63) is 45.6 Å². The standard InChI is InChI=1S/C16H20N2OS/c1-4-9-18(14-7-5-13(17)6-8-14)16(19)15-10-11(2)12(3)20-15/h5-8,10H,4,9,17H2,1-3H3. The molecule has 0 aliphatic carbocycles. The van der Waals surface area contributed by atoms with E-state index in [1.165, 1.54) is 10.4 Å². The Morgan fingerprint density at radius 1 is 1.25 bits per heavy atom. The molecule has 0 spiro atoms. The third-order valence-corrected chi connectivity index (χ3v) is 4.41. The summed E-state index contributed by atoms with van der Waals surface area (Å²) in [6.07, 6.45) is 0.916. The van der Waals surface area contributed by atoms with Crippen molar-refractivity contribution in [3.8, 4) is 0 Å². The second kappa shape index (κ2) is 6.09. The molecule has 4 heteroatoms. The lowest BCUT2D eigenvalue weighted by atomic mass is 10.2. The van der Waals surface area contributed by atoms with Gasteiger partial charge in [0.2, 0.25) is 0 Å². The van der Waals surface area contributed by atoms with Crippen molar-refractivity contribution in [1.29, 1.82) is 0 Å². The molecule has 0 aliphatic heterocycles. The number of nitrogen functional groups attached to an aromatic ring is 1. The normalized spacial score (nSPS) is 10.6. The topological polar surface area (TPSA) is 46.3 Å². The Morgan fingerprint density at radius 2 is 1.90 bits per heavy atom. The van der Waals surface area contributed by atoms with E-state index < -0.39 is 0 Å². The van der Waals surface area contributed by atoms with Crippen LogP contribution in [0.2, 0.25) is 0 Å². The van der Waals surface area contributed by atoms with Crippen molar-refractivity contribution in [2.45, 2.75) is 27.2 Å². The first kappa shape index (κ1) is 14.6. The fourth-order valence-corrected chi connectivity index (χ4v) is 3.02. The summed E-state index contributed by atoms with van der Waals surface area (Å²) >= 11 is 1.56. The molecule has 0 atom stereocenters. The van der Waals surface area contributed by atoms with E-state index in [2.05, 4.69) is 6.92 Å². The van der Waals surface area contributed by atoms with Crippen LogP contribution in [0.1, 0.15) is 33.5 Å². The van der Waals surface area contributed by atoms with Crippen LogP contribution >= 0.6 is 11.3 Å². The number of hydrogen-bond acceptors (Lipinski definition) is 3. The lowest BCUT2D eigenvalue weighted by molar-refractivity contribution is 0.0990. The number of thiophene rings is 1. The van der Waals surface area contributed by atoms with Gasteiger partial charge in [-0.2, -0.15) is 0 Å². The Hall–Kier alpha value is -1.81. The van der Waals surface area contributed by atoms with Crippen molar-refractivity contribution >= 4 is 28.6 Å². The number of aryl methyl sites for hydroxylation is 2. The lowest BCUT2D eigenvalue weighted by Crippen LogP contribution is -2.31. The van der Waals surface area contributed by atoms with Crippen molar-refractivity contribution in [2.24, 2.45) is 0 Å². The zero-order valence-electron chi connectivity index (χ0n) is 12.1. The SMILES string of the molecule is CCCN(C(=O)c1cc(C)c(C)s1)c1ccc(N)cc1. The Labute approximate surface area is 124 Å². The molecule has 3 nitrogen and oxygen atoms in total. The number of benzene rings is 1. The van der Waals surface area contributed by atoms with Gasteiger partial charge in [-0.3, -0.25) is 4.79 Å². The first-order valence-corrected chi connectivity index (χ1v) is 7.59. The van der Waals surface area contributed by atoms with E-state index in [0.717, 1.165) is 17.0 Å². The molecule has 20 heavy (non-hydrogen) atoms. The van der Waals surface area contributed by atoms with Crippen LogP contribution in [-0.4, -0.2) is 12.5 Å². The number of anilines is 2. The summed E-state index contributed by atoms with van der Waals surface area (Å²) in [5.41, 5.74) is 8.49. The van der Waals surface area contributed by atoms with E-state index in [1.54, 1.807) is 11.3 Å². The molecule has 0 aliphatic rings. The Bertz CT molecular complexity index is 582. The molecule has 0 unspecified atom stereocenters. The minimum Gasteiger partial charge on any atom is -0.399 e. The number of nitrogens with zero attached hydrogens (tertiary/aromatic N) is 1. The second-order valence-electron chi connectivity index (χ2n) is 4.90. The Kier molecular flexibility index (Phi) is 4.45. The molecule has 0 bridgehead atoms. The number of carbonyl (C=O) groups is 1. The van der Waals surface area contributed by atoms with Gasteiger partial charge in [0.1, 0.15) is 0 Å². The van der Waals surface area contributed by atoms with Crippen molar-refractivity contribution in [2.75, 3.05) is 17.2 Å². The van der Waals surface area contributed by atoms with Crippen molar-refractivity contribution < 1.29 is 4.79 Å². The molecule has 1 amide bonds. The summed E-state index contributed by atoms with van der Waals surface area (Å²) in [5.74, 6) is 0.0674. The summed E-state index contributed by atoms with van der Waals surface area (Å²) in [7, 11) is 0. The third kappa shape index (κ3) is 3.02. The quantitative estimate of drug-likeness (QED) is 0.864. The third-order valence-electron chi connectivity index (χ3n) is 3.27. The molecular weight excluding hydrogens is 268 g/mol. The second-order valence-corrected chi connectivity index (χ2v) is 6.15. The van der Waals surface area contributed by atoms with E-state index >= 15 is 0 Å². The Balaban J connectivity index is 2.32. The van der Waals surface area contributed by atoms with Crippen LogP contribution in [0, 0.1) is 13.8 Å². The first-order valence-electron chi connectivity index (χ1n) is 6.77. The molecule has 2 aromatic rings. The van der Waals surface area contributed by atoms with Crippen LogP contribution in [0.5, 0.6) is 0 Å². The summed E-state index contributed by atoms with van der Waals surface area (Å²) in [4.78, 5) is 16.5. The molecule has 1 aromatic carbocycles. The molecule has 106 valence electrons. The maximum absolute atomic E-state index is 12.7. The van der Waals surface area contributed by atoms with Gasteiger partial charge in [-0.05, 0) is 56.2 Å². The summed E-state index contributed by atoms with van der Waals surface area (Å²) in [6.45, 7) is 6.86. The van der Waals surface area contributed by atoms with E-state index in [0.29, 0.717) is 12.2 Å². The predicted molar refractivity (Wildman–Crippen MR) is 86.6 cm³/mol. The zero-order chi connectivity index (χ0) is 14.7. The van der Waals surface area contributed by atoms with Gasteiger partial charge in [-0.15, -0.1) is 11.3 Å². The Morgan fingerprint density at radius 3 is 2.40 bits per heavy atom. The summed E-state index contributed by atoms with van der Waals surface area (Å²) in [5, 5.41) is 0. The van der Waals surface area contributed by atoms with Gasteiger partial charge in [0, 0.05) is 22.8 Å². The average Bonchev–Trinajstić information content (AvgIpc) is 2.77. The highest BCUT2D eigenvalue weighted by Gasteiger charge is 2.19. The molecule has 1 aromatic heterocycles. The predicted octanol–water partition coefficient (Wildman–Crippen LogP) is 4.00. The molecule has 2 rings (SSSR count). The van der Waals surface area contributed by atoms with Gasteiger partial charge in [-0.1, -0.05) is 6.92 Å². The van der Waals surface area contributed by atoms with Crippen LogP contribution in [0.15, 0.2) is 30.3 Å². The smallest absolute Gasteiger partial charge is 0.268 e. The highest BCUT2D eigenvalue weighted by Crippen LogP contribution is 2.25. The first-order chi connectivity index (χ1) is 9.52. The molecule has 0 radical (unpaired) electrons. The molecular formula is C16H20N2OS. The van der Waals surface area contributed by atoms with Crippen LogP contribution in [0.4, 0.5) is 11.4 Å². The van der Waals surface area contributed by atoms with Gasteiger partial charge >= 0.3 is 0 Å². The van der Waals surface area contributed by atoms with Crippen LogP contribution in [0.3, 0.4) is 0 Å². The van der Waals surface area contributed by atoms with Crippen LogP contribution in [-0.2, 0) is 0 Å². The van der Waals surface area contributed by atoms with Gasteiger partial charge < -0.3 is 10.6 Å². The number of amides is 1. The monoisotopic (exact) mass is 288 g/mol. The largest absolute Gasteiger partial charge is 0.399 e. The molecule has 1 heterocycles. The van der Waals surface area contributed by atoms with Gasteiger partial charge in [-0.25, -0.2) is 0 Å². The fraction of sp³-hybridized carbons (Fsp3) is 0.312. The maximum Gasteiger partial charge on any atom is 0.268 e. The van der Waals surface area contributed by atoms with Gasteiger partial charge in [0.15, 0.2) is 0 Å².